The number of rotatable bonds is 6. The first-order chi connectivity index (χ1) is 16.6. The number of H-pyrrole nitrogens is 1. The Morgan fingerprint density at radius 3 is 2.62 bits per heavy atom. The predicted octanol–water partition coefficient (Wildman–Crippen LogP) is 6.73. The van der Waals surface area contributed by atoms with Gasteiger partial charge in [0.25, 0.3) is 5.91 Å². The Kier molecular flexibility index (Phi) is 6.01. The van der Waals surface area contributed by atoms with Crippen LogP contribution in [0.4, 0.5) is 10.1 Å². The molecular weight excluding hydrogens is 425 g/mol. The van der Waals surface area contributed by atoms with E-state index in [0.29, 0.717) is 17.8 Å². The van der Waals surface area contributed by atoms with Gasteiger partial charge < -0.3 is 9.88 Å². The van der Waals surface area contributed by atoms with Gasteiger partial charge in [0.1, 0.15) is 5.82 Å². The standard InChI is InChI=1S/C29H28FN3O/c1-3-4-9-17-33-25-16-10-11-19(2)26(25)27(21-13-5-7-14-23(21)30)32-28(29(33)34)22-18-31-24-15-8-6-12-20(22)24/h5-8,10-16,18,28,31H,3-4,9,17H2,1-2H3/t28-/m1/s1. The zero-order valence-electron chi connectivity index (χ0n) is 19.5. The van der Waals surface area contributed by atoms with Crippen LogP contribution in [0.5, 0.6) is 0 Å². The van der Waals surface area contributed by atoms with E-state index in [2.05, 4.69) is 11.9 Å². The van der Waals surface area contributed by atoms with Gasteiger partial charge in [0.2, 0.25) is 0 Å². The molecule has 1 atom stereocenters. The lowest BCUT2D eigenvalue weighted by molar-refractivity contribution is -0.119. The molecule has 0 aliphatic carbocycles. The van der Waals surface area contributed by atoms with Gasteiger partial charge in [-0.3, -0.25) is 9.79 Å². The zero-order chi connectivity index (χ0) is 23.7. The van der Waals surface area contributed by atoms with Crippen LogP contribution in [0, 0.1) is 12.7 Å². The number of aromatic nitrogens is 1. The molecule has 34 heavy (non-hydrogen) atoms. The molecule has 1 N–H and O–H groups in total. The number of aromatic amines is 1. The fraction of sp³-hybridized carbons (Fsp3) is 0.241. The highest BCUT2D eigenvalue weighted by Gasteiger charge is 2.35. The molecular formula is C29H28FN3O. The van der Waals surface area contributed by atoms with E-state index in [1.54, 1.807) is 12.1 Å². The number of unbranched alkanes of at least 4 members (excludes halogenated alkanes) is 2. The van der Waals surface area contributed by atoms with Crippen molar-refractivity contribution in [2.24, 2.45) is 4.99 Å². The SMILES string of the molecule is CCCCCN1C(=O)[C@@H](c2c[nH]c3ccccc23)N=C(c2ccccc2F)c2c(C)cccc21. The van der Waals surface area contributed by atoms with Gasteiger partial charge >= 0.3 is 0 Å². The second kappa shape index (κ2) is 9.26. The summed E-state index contributed by atoms with van der Waals surface area (Å²) < 4.78 is 15.1. The number of carbonyl (C=O) groups excluding carboxylic acids is 1. The molecule has 1 aliphatic heterocycles. The summed E-state index contributed by atoms with van der Waals surface area (Å²) in [5.41, 5.74) is 5.26. The maximum absolute atomic E-state index is 15.1. The number of hydrogen-bond acceptors (Lipinski definition) is 2. The van der Waals surface area contributed by atoms with Gasteiger partial charge in [-0.15, -0.1) is 0 Å². The summed E-state index contributed by atoms with van der Waals surface area (Å²) >= 11 is 0. The molecule has 5 heteroatoms. The first kappa shape index (κ1) is 22.1. The molecule has 4 aromatic rings. The number of fused-ring (bicyclic) bond motifs is 2. The quantitative estimate of drug-likeness (QED) is 0.323. The number of amides is 1. The zero-order valence-corrected chi connectivity index (χ0v) is 19.5. The van der Waals surface area contributed by atoms with Gasteiger partial charge in [0.05, 0.1) is 11.4 Å². The van der Waals surface area contributed by atoms with Crippen molar-refractivity contribution in [3.05, 3.63) is 101 Å². The first-order valence-corrected chi connectivity index (χ1v) is 11.9. The Balaban J connectivity index is 1.77. The third-order valence-corrected chi connectivity index (χ3v) is 6.57. The van der Waals surface area contributed by atoms with Gasteiger partial charge in [-0.25, -0.2) is 4.39 Å². The lowest BCUT2D eigenvalue weighted by Gasteiger charge is -2.26. The number of para-hydroxylation sites is 1. The van der Waals surface area contributed by atoms with E-state index < -0.39 is 6.04 Å². The van der Waals surface area contributed by atoms with E-state index in [4.69, 9.17) is 4.99 Å². The minimum Gasteiger partial charge on any atom is -0.361 e. The number of benzene rings is 3. The van der Waals surface area contributed by atoms with Gasteiger partial charge in [-0.05, 0) is 43.2 Å². The van der Waals surface area contributed by atoms with Crippen LogP contribution in [0.15, 0.2) is 77.9 Å². The molecule has 5 rings (SSSR count). The molecule has 1 aliphatic rings. The smallest absolute Gasteiger partial charge is 0.256 e. The average Bonchev–Trinajstić information content (AvgIpc) is 3.22. The molecule has 0 saturated heterocycles. The molecule has 0 radical (unpaired) electrons. The lowest BCUT2D eigenvalue weighted by Crippen LogP contribution is -2.35. The maximum Gasteiger partial charge on any atom is 0.256 e. The summed E-state index contributed by atoms with van der Waals surface area (Å²) in [7, 11) is 0. The Bertz CT molecular complexity index is 1390. The topological polar surface area (TPSA) is 48.5 Å². The molecule has 0 saturated carbocycles. The highest BCUT2D eigenvalue weighted by atomic mass is 19.1. The molecule has 0 spiro atoms. The van der Waals surface area contributed by atoms with E-state index in [1.807, 2.05) is 66.6 Å². The van der Waals surface area contributed by atoms with Crippen LogP contribution in [0.2, 0.25) is 0 Å². The Morgan fingerprint density at radius 2 is 1.79 bits per heavy atom. The van der Waals surface area contributed by atoms with E-state index in [0.717, 1.165) is 52.5 Å². The number of nitrogens with zero attached hydrogens (tertiary/aromatic N) is 2. The minimum absolute atomic E-state index is 0.0842. The number of benzodiazepines with no additional fused rings is 1. The van der Waals surface area contributed by atoms with Crippen molar-refractivity contribution in [2.75, 3.05) is 11.4 Å². The van der Waals surface area contributed by atoms with Crippen LogP contribution in [0.25, 0.3) is 10.9 Å². The number of halogens is 1. The molecule has 4 nitrogen and oxygen atoms in total. The summed E-state index contributed by atoms with van der Waals surface area (Å²) in [4.78, 5) is 24.3. The average molecular weight is 454 g/mol. The number of hydrogen-bond donors (Lipinski definition) is 1. The second-order valence-corrected chi connectivity index (χ2v) is 8.82. The molecule has 1 amide bonds. The van der Waals surface area contributed by atoms with Crippen molar-refractivity contribution in [1.29, 1.82) is 0 Å². The Morgan fingerprint density at radius 1 is 1.00 bits per heavy atom. The molecule has 3 aromatic carbocycles. The summed E-state index contributed by atoms with van der Waals surface area (Å²) in [6, 6.07) is 19.7. The fourth-order valence-corrected chi connectivity index (χ4v) is 4.83. The van der Waals surface area contributed by atoms with Crippen molar-refractivity contribution < 1.29 is 9.18 Å². The normalized spacial score (nSPS) is 15.9. The van der Waals surface area contributed by atoms with Crippen molar-refractivity contribution in [1.82, 2.24) is 4.98 Å². The first-order valence-electron chi connectivity index (χ1n) is 11.9. The molecule has 1 aromatic heterocycles. The van der Waals surface area contributed by atoms with Crippen LogP contribution < -0.4 is 4.90 Å². The number of nitrogens with one attached hydrogen (secondary N) is 1. The maximum atomic E-state index is 15.1. The van der Waals surface area contributed by atoms with Crippen molar-refractivity contribution in [2.45, 2.75) is 39.2 Å². The predicted molar refractivity (Wildman–Crippen MR) is 136 cm³/mol. The summed E-state index contributed by atoms with van der Waals surface area (Å²) in [6.45, 7) is 4.74. The fourth-order valence-electron chi connectivity index (χ4n) is 4.83. The minimum atomic E-state index is -0.779. The number of aryl methyl sites for hydroxylation is 1. The summed E-state index contributed by atoms with van der Waals surface area (Å²) in [5.74, 6) is -0.431. The van der Waals surface area contributed by atoms with Crippen LogP contribution in [-0.4, -0.2) is 23.1 Å². The van der Waals surface area contributed by atoms with Gasteiger partial charge in [0.15, 0.2) is 6.04 Å². The highest BCUT2D eigenvalue weighted by Crippen LogP contribution is 2.37. The number of aliphatic imine (C=N–C) groups is 1. The molecule has 172 valence electrons. The van der Waals surface area contributed by atoms with Crippen molar-refractivity contribution in [3.8, 4) is 0 Å². The summed E-state index contributed by atoms with van der Waals surface area (Å²) in [5, 5.41) is 0.952. The van der Waals surface area contributed by atoms with E-state index in [1.165, 1.54) is 6.07 Å². The van der Waals surface area contributed by atoms with Crippen molar-refractivity contribution >= 4 is 28.2 Å². The lowest BCUT2D eigenvalue weighted by atomic mass is 9.95. The molecule has 0 bridgehead atoms. The molecule has 0 fully saturated rings. The van der Waals surface area contributed by atoms with E-state index in [9.17, 15) is 4.79 Å². The highest BCUT2D eigenvalue weighted by molar-refractivity contribution is 6.21. The van der Waals surface area contributed by atoms with Gasteiger partial charge in [-0.2, -0.15) is 0 Å². The van der Waals surface area contributed by atoms with Crippen LogP contribution >= 0.6 is 0 Å². The van der Waals surface area contributed by atoms with Gasteiger partial charge in [-0.1, -0.05) is 62.2 Å². The number of carbonyl (C=O) groups is 1. The largest absolute Gasteiger partial charge is 0.361 e. The van der Waals surface area contributed by atoms with E-state index >= 15 is 4.39 Å². The van der Waals surface area contributed by atoms with Crippen LogP contribution in [0.3, 0.4) is 0 Å². The number of anilines is 1. The summed E-state index contributed by atoms with van der Waals surface area (Å²) in [6.07, 6.45) is 4.85. The third kappa shape index (κ3) is 3.81. The van der Waals surface area contributed by atoms with Crippen molar-refractivity contribution in [3.63, 3.8) is 0 Å². The van der Waals surface area contributed by atoms with Gasteiger partial charge in [0, 0.05) is 40.3 Å². The third-order valence-electron chi connectivity index (χ3n) is 6.57. The van der Waals surface area contributed by atoms with Crippen LogP contribution in [-0.2, 0) is 4.79 Å². The van der Waals surface area contributed by atoms with Crippen LogP contribution in [0.1, 0.15) is 54.5 Å². The molecule has 2 heterocycles. The van der Waals surface area contributed by atoms with E-state index in [-0.39, 0.29) is 11.7 Å². The Hall–Kier alpha value is -3.73. The second-order valence-electron chi connectivity index (χ2n) is 8.82. The monoisotopic (exact) mass is 453 g/mol. The molecule has 0 unspecified atom stereocenters. The Labute approximate surface area is 199 Å².